The number of carbonyl (C=O) groups is 1. The quantitative estimate of drug-likeness (QED) is 0.228. The molecule has 35 heavy (non-hydrogen) atoms. The van der Waals surface area contributed by atoms with Crippen molar-refractivity contribution < 1.29 is 4.79 Å². The molecule has 2 aromatic heterocycles. The van der Waals surface area contributed by atoms with Crippen LogP contribution in [0.3, 0.4) is 0 Å². The summed E-state index contributed by atoms with van der Waals surface area (Å²) in [7, 11) is 0. The van der Waals surface area contributed by atoms with Gasteiger partial charge in [-0.15, -0.1) is 11.3 Å². The molecular formula is C28H29N3O2S2. The van der Waals surface area contributed by atoms with Gasteiger partial charge in [0.25, 0.3) is 5.56 Å². The van der Waals surface area contributed by atoms with Crippen molar-refractivity contribution in [3.8, 4) is 11.1 Å². The van der Waals surface area contributed by atoms with Crippen LogP contribution in [0.15, 0.2) is 51.7 Å². The molecule has 2 N–H and O–H groups in total. The molecule has 1 atom stereocenters. The topological polar surface area (TPSA) is 74.8 Å². The molecule has 5 rings (SSSR count). The summed E-state index contributed by atoms with van der Waals surface area (Å²) >= 11 is 2.79. The van der Waals surface area contributed by atoms with Crippen LogP contribution < -0.4 is 10.9 Å². The van der Waals surface area contributed by atoms with Gasteiger partial charge in [0.2, 0.25) is 5.91 Å². The number of para-hydroxylation sites is 1. The lowest BCUT2D eigenvalue weighted by Crippen LogP contribution is -2.26. The van der Waals surface area contributed by atoms with Crippen molar-refractivity contribution in [2.24, 2.45) is 0 Å². The number of rotatable bonds is 6. The Morgan fingerprint density at radius 2 is 1.89 bits per heavy atom. The SMILES string of the molecule is CCC(Sc1nc2scc(-c3ccc4c(c3)CCCC4)c2c(=O)[nH]1)C(=O)Nc1c(C)cccc1C. The first-order valence-corrected chi connectivity index (χ1v) is 13.9. The average molecular weight is 504 g/mol. The largest absolute Gasteiger partial charge is 0.325 e. The molecule has 2 aromatic carbocycles. The van der Waals surface area contributed by atoms with Crippen molar-refractivity contribution >= 4 is 44.9 Å². The monoisotopic (exact) mass is 503 g/mol. The number of amides is 1. The summed E-state index contributed by atoms with van der Waals surface area (Å²) in [5.41, 5.74) is 7.57. The predicted octanol–water partition coefficient (Wildman–Crippen LogP) is 6.66. The summed E-state index contributed by atoms with van der Waals surface area (Å²) in [6, 6.07) is 12.5. The van der Waals surface area contributed by atoms with Crippen LogP contribution in [0.25, 0.3) is 21.3 Å². The summed E-state index contributed by atoms with van der Waals surface area (Å²) in [6.07, 6.45) is 5.33. The third kappa shape index (κ3) is 4.80. The number of thioether (sulfide) groups is 1. The summed E-state index contributed by atoms with van der Waals surface area (Å²) in [5, 5.41) is 5.84. The number of aryl methyl sites for hydroxylation is 4. The standard InChI is InChI=1S/C28H29N3O2S2/c1-4-22(25(32)29-24-16(2)8-7-9-17(24)3)35-28-30-26(33)23-21(15-34-27(23)31-28)20-13-12-18-10-5-6-11-19(18)14-20/h7-9,12-15,22H,4-6,10-11H2,1-3H3,(H,29,32)(H,30,31,33). The third-order valence-electron chi connectivity index (χ3n) is 6.73. The number of nitrogens with zero attached hydrogens (tertiary/aromatic N) is 1. The second-order valence-corrected chi connectivity index (χ2v) is 11.2. The molecule has 1 unspecified atom stereocenters. The van der Waals surface area contributed by atoms with E-state index >= 15 is 0 Å². The molecule has 7 heteroatoms. The zero-order chi connectivity index (χ0) is 24.5. The van der Waals surface area contributed by atoms with Gasteiger partial charge in [-0.05, 0) is 73.8 Å². The van der Waals surface area contributed by atoms with E-state index in [2.05, 4.69) is 28.5 Å². The minimum Gasteiger partial charge on any atom is -0.325 e. The molecule has 0 radical (unpaired) electrons. The fourth-order valence-corrected chi connectivity index (χ4v) is 6.67. The van der Waals surface area contributed by atoms with Crippen LogP contribution in [0, 0.1) is 13.8 Å². The second-order valence-electron chi connectivity index (χ2n) is 9.16. The molecule has 0 bridgehead atoms. The molecule has 0 spiro atoms. The molecule has 1 aliphatic carbocycles. The van der Waals surface area contributed by atoms with Gasteiger partial charge in [-0.1, -0.05) is 55.1 Å². The number of anilines is 1. The van der Waals surface area contributed by atoms with E-state index in [9.17, 15) is 9.59 Å². The van der Waals surface area contributed by atoms with Gasteiger partial charge in [-0.25, -0.2) is 4.98 Å². The van der Waals surface area contributed by atoms with Crippen LogP contribution in [-0.2, 0) is 17.6 Å². The Bertz CT molecular complexity index is 1450. The van der Waals surface area contributed by atoms with Gasteiger partial charge in [0.1, 0.15) is 4.83 Å². The fourth-order valence-electron chi connectivity index (χ4n) is 4.77. The number of aromatic amines is 1. The van der Waals surface area contributed by atoms with Gasteiger partial charge in [-0.2, -0.15) is 0 Å². The van der Waals surface area contributed by atoms with E-state index in [1.165, 1.54) is 47.1 Å². The van der Waals surface area contributed by atoms with E-state index in [0.717, 1.165) is 40.8 Å². The number of hydrogen-bond donors (Lipinski definition) is 2. The van der Waals surface area contributed by atoms with Crippen molar-refractivity contribution in [1.29, 1.82) is 0 Å². The van der Waals surface area contributed by atoms with E-state index in [1.54, 1.807) is 0 Å². The fraction of sp³-hybridized carbons (Fsp3) is 0.321. The maximum absolute atomic E-state index is 13.2. The minimum atomic E-state index is -0.366. The number of thiophene rings is 1. The van der Waals surface area contributed by atoms with E-state index in [4.69, 9.17) is 4.98 Å². The van der Waals surface area contributed by atoms with E-state index in [1.807, 2.05) is 44.4 Å². The number of H-pyrrole nitrogens is 1. The molecular weight excluding hydrogens is 474 g/mol. The molecule has 180 valence electrons. The van der Waals surface area contributed by atoms with Crippen molar-refractivity contribution in [2.45, 2.75) is 63.3 Å². The molecule has 4 aromatic rings. The number of hydrogen-bond acceptors (Lipinski definition) is 5. The number of carbonyl (C=O) groups excluding carboxylic acids is 1. The van der Waals surface area contributed by atoms with Crippen LogP contribution in [0.5, 0.6) is 0 Å². The maximum Gasteiger partial charge on any atom is 0.260 e. The number of fused-ring (bicyclic) bond motifs is 2. The Morgan fingerprint density at radius 1 is 1.14 bits per heavy atom. The molecule has 1 aliphatic rings. The van der Waals surface area contributed by atoms with Crippen LogP contribution in [0.1, 0.15) is 48.4 Å². The van der Waals surface area contributed by atoms with E-state index < -0.39 is 0 Å². The lowest BCUT2D eigenvalue weighted by molar-refractivity contribution is -0.115. The van der Waals surface area contributed by atoms with Gasteiger partial charge >= 0.3 is 0 Å². The number of benzene rings is 2. The van der Waals surface area contributed by atoms with Crippen molar-refractivity contribution in [3.63, 3.8) is 0 Å². The van der Waals surface area contributed by atoms with Crippen LogP contribution in [0.4, 0.5) is 5.69 Å². The van der Waals surface area contributed by atoms with Crippen LogP contribution >= 0.6 is 23.1 Å². The van der Waals surface area contributed by atoms with E-state index in [-0.39, 0.29) is 16.7 Å². The van der Waals surface area contributed by atoms with Gasteiger partial charge in [0.05, 0.1) is 10.6 Å². The predicted molar refractivity (Wildman–Crippen MR) is 147 cm³/mol. The molecule has 2 heterocycles. The number of aromatic nitrogens is 2. The summed E-state index contributed by atoms with van der Waals surface area (Å²) in [4.78, 5) is 34.6. The molecule has 0 fully saturated rings. The lowest BCUT2D eigenvalue weighted by Gasteiger charge is -2.17. The Morgan fingerprint density at radius 3 is 2.63 bits per heavy atom. The second kappa shape index (κ2) is 9.99. The minimum absolute atomic E-state index is 0.0847. The Labute approximate surface area is 213 Å². The first kappa shape index (κ1) is 23.8. The van der Waals surface area contributed by atoms with Gasteiger partial charge in [0, 0.05) is 16.6 Å². The Kier molecular flexibility index (Phi) is 6.80. The normalized spacial score (nSPS) is 14.0. The van der Waals surface area contributed by atoms with Crippen LogP contribution in [-0.4, -0.2) is 21.1 Å². The highest BCUT2D eigenvalue weighted by atomic mass is 32.2. The zero-order valence-electron chi connectivity index (χ0n) is 20.2. The molecule has 1 amide bonds. The van der Waals surface area contributed by atoms with E-state index in [0.29, 0.717) is 21.8 Å². The third-order valence-corrected chi connectivity index (χ3v) is 8.85. The van der Waals surface area contributed by atoms with Crippen molar-refractivity contribution in [1.82, 2.24) is 9.97 Å². The molecule has 0 saturated heterocycles. The van der Waals surface area contributed by atoms with Crippen molar-refractivity contribution in [2.75, 3.05) is 5.32 Å². The zero-order valence-corrected chi connectivity index (χ0v) is 21.9. The maximum atomic E-state index is 13.2. The average Bonchev–Trinajstić information content (AvgIpc) is 3.29. The van der Waals surface area contributed by atoms with Gasteiger partial charge in [-0.3, -0.25) is 9.59 Å². The summed E-state index contributed by atoms with van der Waals surface area (Å²) in [6.45, 7) is 5.94. The van der Waals surface area contributed by atoms with Crippen LogP contribution in [0.2, 0.25) is 0 Å². The van der Waals surface area contributed by atoms with Gasteiger partial charge in [0.15, 0.2) is 5.16 Å². The Hall–Kier alpha value is -2.90. The lowest BCUT2D eigenvalue weighted by atomic mass is 9.89. The molecule has 0 saturated carbocycles. The highest BCUT2D eigenvalue weighted by Crippen LogP contribution is 2.35. The smallest absolute Gasteiger partial charge is 0.260 e. The van der Waals surface area contributed by atoms with Gasteiger partial charge < -0.3 is 10.3 Å². The number of nitrogens with one attached hydrogen (secondary N) is 2. The highest BCUT2D eigenvalue weighted by Gasteiger charge is 2.22. The highest BCUT2D eigenvalue weighted by molar-refractivity contribution is 8.00. The summed E-state index contributed by atoms with van der Waals surface area (Å²) in [5.74, 6) is -0.0847. The Balaban J connectivity index is 1.41. The first-order chi connectivity index (χ1) is 16.9. The van der Waals surface area contributed by atoms with Crippen molar-refractivity contribution in [3.05, 3.63) is 74.4 Å². The summed E-state index contributed by atoms with van der Waals surface area (Å²) < 4.78 is 0. The molecule has 0 aliphatic heterocycles. The molecule has 5 nitrogen and oxygen atoms in total. The first-order valence-electron chi connectivity index (χ1n) is 12.1.